The number of hydrogen-bond acceptors (Lipinski definition) is 4. The summed E-state index contributed by atoms with van der Waals surface area (Å²) in [6.45, 7) is 0.304. The molecule has 3 rings (SSSR count). The summed E-state index contributed by atoms with van der Waals surface area (Å²) in [7, 11) is 3.11. The number of amides is 2. The van der Waals surface area contributed by atoms with Gasteiger partial charge in [0, 0.05) is 28.3 Å². The second-order valence-electron chi connectivity index (χ2n) is 5.94. The van der Waals surface area contributed by atoms with E-state index in [2.05, 4.69) is 27.9 Å². The van der Waals surface area contributed by atoms with Gasteiger partial charge in [-0.05, 0) is 59.0 Å². The molecule has 26 heavy (non-hydrogen) atoms. The van der Waals surface area contributed by atoms with Gasteiger partial charge in [0.25, 0.3) is 0 Å². The van der Waals surface area contributed by atoms with Gasteiger partial charge in [0.05, 0.1) is 25.8 Å². The van der Waals surface area contributed by atoms with Crippen LogP contribution in [0.2, 0.25) is 0 Å². The summed E-state index contributed by atoms with van der Waals surface area (Å²) < 4.78 is 11.7. The molecule has 1 saturated heterocycles. The minimum Gasteiger partial charge on any atom is -0.497 e. The Hall–Kier alpha value is -2.29. The molecular weight excluding hydrogens is 447 g/mol. The smallest absolute Gasteiger partial charge is 0.229 e. The standard InChI is InChI=1S/C19H19IN2O4/c1-25-15-7-8-17(26-2)16(10-15)22-11-12(9-18(22)23)19(24)21-14-5-3-13(20)4-6-14/h3-8,10,12H,9,11H2,1-2H3,(H,21,24). The van der Waals surface area contributed by atoms with Crippen molar-refractivity contribution in [1.29, 1.82) is 0 Å². The van der Waals surface area contributed by atoms with Gasteiger partial charge >= 0.3 is 0 Å². The molecule has 0 radical (unpaired) electrons. The number of carbonyl (C=O) groups is 2. The van der Waals surface area contributed by atoms with Gasteiger partial charge in [0.1, 0.15) is 11.5 Å². The van der Waals surface area contributed by atoms with Crippen LogP contribution < -0.4 is 19.7 Å². The molecule has 1 unspecified atom stereocenters. The lowest BCUT2D eigenvalue weighted by Crippen LogP contribution is -2.28. The van der Waals surface area contributed by atoms with E-state index in [-0.39, 0.29) is 18.2 Å². The third kappa shape index (κ3) is 3.92. The van der Waals surface area contributed by atoms with E-state index in [1.54, 1.807) is 37.3 Å². The highest BCUT2D eigenvalue weighted by Gasteiger charge is 2.36. The van der Waals surface area contributed by atoms with Gasteiger partial charge in [0.2, 0.25) is 11.8 Å². The highest BCUT2D eigenvalue weighted by molar-refractivity contribution is 14.1. The Morgan fingerprint density at radius 3 is 2.54 bits per heavy atom. The second-order valence-corrected chi connectivity index (χ2v) is 7.18. The fraction of sp³-hybridized carbons (Fsp3) is 0.263. The summed E-state index contributed by atoms with van der Waals surface area (Å²) in [5, 5.41) is 2.88. The Labute approximate surface area is 165 Å². The van der Waals surface area contributed by atoms with Crippen molar-refractivity contribution in [3.63, 3.8) is 0 Å². The van der Waals surface area contributed by atoms with E-state index in [1.165, 1.54) is 0 Å². The normalized spacial score (nSPS) is 16.5. The first kappa shape index (κ1) is 18.5. The van der Waals surface area contributed by atoms with Crippen molar-refractivity contribution in [3.05, 3.63) is 46.0 Å². The van der Waals surface area contributed by atoms with Crippen LogP contribution in [0.5, 0.6) is 11.5 Å². The molecule has 2 aromatic rings. The molecular formula is C19H19IN2O4. The summed E-state index contributed by atoms with van der Waals surface area (Å²) in [6.07, 6.45) is 0.163. The van der Waals surface area contributed by atoms with E-state index in [1.807, 2.05) is 24.3 Å². The minimum atomic E-state index is -0.419. The number of nitrogens with one attached hydrogen (secondary N) is 1. The van der Waals surface area contributed by atoms with Crippen LogP contribution in [0, 0.1) is 9.49 Å². The first-order valence-corrected chi connectivity index (χ1v) is 9.18. The van der Waals surface area contributed by atoms with Crippen LogP contribution in [-0.4, -0.2) is 32.6 Å². The van der Waals surface area contributed by atoms with Gasteiger partial charge in [-0.2, -0.15) is 0 Å². The van der Waals surface area contributed by atoms with Crippen LogP contribution in [-0.2, 0) is 9.59 Å². The summed E-state index contributed by atoms with van der Waals surface area (Å²) >= 11 is 2.21. The van der Waals surface area contributed by atoms with E-state index in [4.69, 9.17) is 9.47 Å². The molecule has 1 fully saturated rings. The topological polar surface area (TPSA) is 67.9 Å². The molecule has 7 heteroatoms. The van der Waals surface area contributed by atoms with Crippen LogP contribution in [0.25, 0.3) is 0 Å². The molecule has 1 aliphatic heterocycles. The van der Waals surface area contributed by atoms with Crippen molar-refractivity contribution in [2.45, 2.75) is 6.42 Å². The average molecular weight is 466 g/mol. The number of anilines is 2. The van der Waals surface area contributed by atoms with Gasteiger partial charge in [-0.1, -0.05) is 0 Å². The molecule has 2 aromatic carbocycles. The molecule has 1 heterocycles. The molecule has 136 valence electrons. The third-order valence-corrected chi connectivity index (χ3v) is 5.00. The summed E-state index contributed by atoms with van der Waals surface area (Å²) in [6, 6.07) is 12.8. The van der Waals surface area contributed by atoms with Gasteiger partial charge in [-0.3, -0.25) is 9.59 Å². The number of nitrogens with zero attached hydrogens (tertiary/aromatic N) is 1. The van der Waals surface area contributed by atoms with Gasteiger partial charge in [-0.15, -0.1) is 0 Å². The number of methoxy groups -OCH3 is 2. The zero-order valence-electron chi connectivity index (χ0n) is 14.5. The Balaban J connectivity index is 1.76. The summed E-state index contributed by atoms with van der Waals surface area (Å²) in [4.78, 5) is 26.6. The zero-order chi connectivity index (χ0) is 18.7. The van der Waals surface area contributed by atoms with Crippen molar-refractivity contribution >= 4 is 45.8 Å². The van der Waals surface area contributed by atoms with Crippen molar-refractivity contribution in [1.82, 2.24) is 0 Å². The first-order valence-electron chi connectivity index (χ1n) is 8.10. The van der Waals surface area contributed by atoms with E-state index in [9.17, 15) is 9.59 Å². The quantitative estimate of drug-likeness (QED) is 0.687. The SMILES string of the molecule is COc1ccc(OC)c(N2CC(C(=O)Nc3ccc(I)cc3)CC2=O)c1. The second kappa shape index (κ2) is 7.94. The Morgan fingerprint density at radius 2 is 1.88 bits per heavy atom. The van der Waals surface area contributed by atoms with Crippen molar-refractivity contribution in [2.75, 3.05) is 31.0 Å². The van der Waals surface area contributed by atoms with E-state index in [0.717, 1.165) is 9.26 Å². The van der Waals surface area contributed by atoms with Crippen LogP contribution in [0.15, 0.2) is 42.5 Å². The van der Waals surface area contributed by atoms with Gasteiger partial charge < -0.3 is 19.7 Å². The number of benzene rings is 2. The lowest BCUT2D eigenvalue weighted by Gasteiger charge is -2.20. The molecule has 1 atom stereocenters. The maximum absolute atomic E-state index is 12.6. The van der Waals surface area contributed by atoms with E-state index < -0.39 is 5.92 Å². The molecule has 6 nitrogen and oxygen atoms in total. The Morgan fingerprint density at radius 1 is 1.15 bits per heavy atom. The van der Waals surface area contributed by atoms with Crippen LogP contribution in [0.1, 0.15) is 6.42 Å². The molecule has 0 aliphatic carbocycles. The molecule has 1 N–H and O–H groups in total. The molecule has 1 aliphatic rings. The summed E-state index contributed by atoms with van der Waals surface area (Å²) in [5.41, 5.74) is 1.33. The number of carbonyl (C=O) groups excluding carboxylic acids is 2. The molecule has 2 amide bonds. The van der Waals surface area contributed by atoms with Crippen LogP contribution in [0.3, 0.4) is 0 Å². The van der Waals surface area contributed by atoms with Crippen molar-refractivity contribution < 1.29 is 19.1 Å². The van der Waals surface area contributed by atoms with Gasteiger partial charge in [0.15, 0.2) is 0 Å². The molecule has 0 aromatic heterocycles. The Kier molecular flexibility index (Phi) is 5.65. The lowest BCUT2D eigenvalue weighted by molar-refractivity contribution is -0.122. The number of ether oxygens (including phenoxy) is 2. The van der Waals surface area contributed by atoms with Crippen LogP contribution in [0.4, 0.5) is 11.4 Å². The van der Waals surface area contributed by atoms with Crippen LogP contribution >= 0.6 is 22.6 Å². The minimum absolute atomic E-state index is 0.112. The summed E-state index contributed by atoms with van der Waals surface area (Å²) in [5.74, 6) is 0.499. The van der Waals surface area contributed by atoms with Crippen molar-refractivity contribution in [2.24, 2.45) is 5.92 Å². The first-order chi connectivity index (χ1) is 12.5. The highest BCUT2D eigenvalue weighted by Crippen LogP contribution is 2.36. The maximum atomic E-state index is 12.6. The fourth-order valence-corrected chi connectivity index (χ4v) is 3.26. The largest absolute Gasteiger partial charge is 0.497 e. The number of halogens is 1. The third-order valence-electron chi connectivity index (χ3n) is 4.28. The fourth-order valence-electron chi connectivity index (χ4n) is 2.90. The number of rotatable bonds is 5. The predicted molar refractivity (Wildman–Crippen MR) is 108 cm³/mol. The number of hydrogen-bond donors (Lipinski definition) is 1. The lowest BCUT2D eigenvalue weighted by atomic mass is 10.1. The predicted octanol–water partition coefficient (Wildman–Crippen LogP) is 3.30. The zero-order valence-corrected chi connectivity index (χ0v) is 16.6. The Bertz CT molecular complexity index is 823. The van der Waals surface area contributed by atoms with Gasteiger partial charge in [-0.25, -0.2) is 0 Å². The van der Waals surface area contributed by atoms with E-state index >= 15 is 0 Å². The van der Waals surface area contributed by atoms with Crippen molar-refractivity contribution in [3.8, 4) is 11.5 Å². The molecule has 0 spiro atoms. The van der Waals surface area contributed by atoms with E-state index in [0.29, 0.717) is 23.7 Å². The monoisotopic (exact) mass is 466 g/mol. The maximum Gasteiger partial charge on any atom is 0.229 e. The highest BCUT2D eigenvalue weighted by atomic mass is 127. The molecule has 0 bridgehead atoms. The molecule has 0 saturated carbocycles. The average Bonchev–Trinajstić information content (AvgIpc) is 3.04.